The van der Waals surface area contributed by atoms with Gasteiger partial charge in [-0.3, -0.25) is 4.79 Å². The number of carboxylic acids is 1. The Balaban J connectivity index is 2.40. The molecule has 0 amide bonds. The van der Waals surface area contributed by atoms with E-state index in [1.54, 1.807) is 7.11 Å². The van der Waals surface area contributed by atoms with Gasteiger partial charge < -0.3 is 9.84 Å². The molecule has 1 unspecified atom stereocenters. The quantitative estimate of drug-likeness (QED) is 0.908. The van der Waals surface area contributed by atoms with Crippen LogP contribution in [0.2, 0.25) is 0 Å². The van der Waals surface area contributed by atoms with Crippen molar-refractivity contribution in [3.8, 4) is 5.75 Å². The van der Waals surface area contributed by atoms with Gasteiger partial charge in [-0.05, 0) is 61.3 Å². The molecule has 1 aliphatic rings. The highest BCUT2D eigenvalue weighted by atomic mass is 16.5. The fraction of sp³-hybridized carbons (Fsp3) is 0.588. The number of aliphatic carboxylic acids is 1. The molecule has 0 heterocycles. The number of hydrogen-bond donors (Lipinski definition) is 1. The third-order valence-electron chi connectivity index (χ3n) is 4.61. The predicted octanol–water partition coefficient (Wildman–Crippen LogP) is 3.86. The van der Waals surface area contributed by atoms with Crippen LogP contribution in [0, 0.1) is 10.8 Å². The third kappa shape index (κ3) is 2.54. The van der Waals surface area contributed by atoms with E-state index in [0.717, 1.165) is 12.2 Å². The number of carbonyl (C=O) groups is 1. The summed E-state index contributed by atoms with van der Waals surface area (Å²) in [6.45, 7) is 8.07. The third-order valence-corrected chi connectivity index (χ3v) is 4.61. The minimum Gasteiger partial charge on any atom is -0.497 e. The molecule has 1 aromatic rings. The molecule has 0 aromatic heterocycles. The van der Waals surface area contributed by atoms with Crippen molar-refractivity contribution in [2.24, 2.45) is 10.8 Å². The summed E-state index contributed by atoms with van der Waals surface area (Å²) in [5.41, 5.74) is 1.94. The SMILES string of the molecule is COc1ccc2c(c1)C(CC(C)(C)C(=O)O)C(C)(C)C2. The molecule has 0 radical (unpaired) electrons. The van der Waals surface area contributed by atoms with Crippen LogP contribution in [0.5, 0.6) is 5.75 Å². The molecule has 0 aliphatic heterocycles. The Hall–Kier alpha value is -1.51. The number of hydrogen-bond acceptors (Lipinski definition) is 2. The number of benzene rings is 1. The van der Waals surface area contributed by atoms with Crippen molar-refractivity contribution in [3.05, 3.63) is 29.3 Å². The average molecular weight is 276 g/mol. The molecular formula is C17H24O3. The standard InChI is InChI=1S/C17H24O3/c1-16(2)9-11-6-7-12(20-5)8-13(11)14(16)10-17(3,4)15(18)19/h6-8,14H,9-10H2,1-5H3,(H,18,19). The summed E-state index contributed by atoms with van der Waals surface area (Å²) < 4.78 is 5.32. The Kier molecular flexibility index (Phi) is 3.57. The van der Waals surface area contributed by atoms with Crippen LogP contribution in [-0.4, -0.2) is 18.2 Å². The second kappa shape index (κ2) is 4.80. The van der Waals surface area contributed by atoms with Crippen LogP contribution >= 0.6 is 0 Å². The van der Waals surface area contributed by atoms with E-state index in [1.165, 1.54) is 11.1 Å². The van der Waals surface area contributed by atoms with Gasteiger partial charge >= 0.3 is 5.97 Å². The van der Waals surface area contributed by atoms with Crippen molar-refractivity contribution < 1.29 is 14.6 Å². The van der Waals surface area contributed by atoms with Gasteiger partial charge in [0.2, 0.25) is 0 Å². The lowest BCUT2D eigenvalue weighted by molar-refractivity contribution is -0.147. The molecule has 0 saturated heterocycles. The topological polar surface area (TPSA) is 46.5 Å². The van der Waals surface area contributed by atoms with Crippen molar-refractivity contribution in [1.29, 1.82) is 0 Å². The minimum absolute atomic E-state index is 0.0847. The Labute approximate surface area is 121 Å². The lowest BCUT2D eigenvalue weighted by Gasteiger charge is -2.33. The Morgan fingerprint density at radius 3 is 2.65 bits per heavy atom. The van der Waals surface area contributed by atoms with E-state index in [4.69, 9.17) is 4.74 Å². The van der Waals surface area contributed by atoms with Crippen molar-refractivity contribution in [1.82, 2.24) is 0 Å². The van der Waals surface area contributed by atoms with Crippen LogP contribution in [0.15, 0.2) is 18.2 Å². The van der Waals surface area contributed by atoms with Gasteiger partial charge in [-0.2, -0.15) is 0 Å². The lowest BCUT2D eigenvalue weighted by atomic mass is 9.71. The molecule has 1 N–H and O–H groups in total. The van der Waals surface area contributed by atoms with Gasteiger partial charge in [-0.25, -0.2) is 0 Å². The zero-order chi connectivity index (χ0) is 15.1. The zero-order valence-corrected chi connectivity index (χ0v) is 13.0. The maximum Gasteiger partial charge on any atom is 0.309 e. The number of ether oxygens (including phenoxy) is 1. The van der Waals surface area contributed by atoms with Crippen LogP contribution in [0.25, 0.3) is 0 Å². The minimum atomic E-state index is -0.732. The maximum absolute atomic E-state index is 11.4. The number of fused-ring (bicyclic) bond motifs is 1. The maximum atomic E-state index is 11.4. The van der Waals surface area contributed by atoms with E-state index in [1.807, 2.05) is 19.9 Å². The fourth-order valence-electron chi connectivity index (χ4n) is 3.20. The number of carboxylic acid groups (broad SMARTS) is 1. The van der Waals surface area contributed by atoms with Gasteiger partial charge in [0, 0.05) is 0 Å². The van der Waals surface area contributed by atoms with Crippen LogP contribution in [0.1, 0.15) is 51.2 Å². The summed E-state index contributed by atoms with van der Waals surface area (Å²) >= 11 is 0. The second-order valence-electron chi connectivity index (χ2n) is 7.18. The second-order valence-corrected chi connectivity index (χ2v) is 7.18. The summed E-state index contributed by atoms with van der Waals surface area (Å²) in [7, 11) is 1.66. The first-order valence-electron chi connectivity index (χ1n) is 7.07. The molecule has 0 spiro atoms. The summed E-state index contributed by atoms with van der Waals surface area (Å²) in [5.74, 6) is 0.364. The molecule has 1 aromatic carbocycles. The van der Waals surface area contributed by atoms with Crippen LogP contribution in [0.4, 0.5) is 0 Å². The number of methoxy groups -OCH3 is 1. The smallest absolute Gasteiger partial charge is 0.309 e. The fourth-order valence-corrected chi connectivity index (χ4v) is 3.20. The monoisotopic (exact) mass is 276 g/mol. The summed E-state index contributed by atoms with van der Waals surface area (Å²) in [5, 5.41) is 9.40. The van der Waals surface area contributed by atoms with Crippen molar-refractivity contribution >= 4 is 5.97 Å². The lowest BCUT2D eigenvalue weighted by Crippen LogP contribution is -2.30. The van der Waals surface area contributed by atoms with Gasteiger partial charge in [0.1, 0.15) is 5.75 Å². The van der Waals surface area contributed by atoms with Crippen LogP contribution < -0.4 is 4.74 Å². The highest BCUT2D eigenvalue weighted by Gasteiger charge is 2.43. The summed E-state index contributed by atoms with van der Waals surface area (Å²) in [6, 6.07) is 6.18. The first kappa shape index (κ1) is 14.9. The zero-order valence-electron chi connectivity index (χ0n) is 13.0. The molecule has 110 valence electrons. The summed E-state index contributed by atoms with van der Waals surface area (Å²) in [4.78, 5) is 11.4. The molecule has 1 atom stereocenters. The van der Waals surface area contributed by atoms with Crippen molar-refractivity contribution in [2.75, 3.05) is 7.11 Å². The van der Waals surface area contributed by atoms with Gasteiger partial charge in [0.25, 0.3) is 0 Å². The first-order chi connectivity index (χ1) is 9.17. The molecule has 0 bridgehead atoms. The Morgan fingerprint density at radius 2 is 2.10 bits per heavy atom. The molecule has 0 fully saturated rings. The average Bonchev–Trinajstić information content (AvgIpc) is 2.59. The van der Waals surface area contributed by atoms with Gasteiger partial charge in [-0.15, -0.1) is 0 Å². The van der Waals surface area contributed by atoms with Gasteiger partial charge in [-0.1, -0.05) is 19.9 Å². The highest BCUT2D eigenvalue weighted by Crippen LogP contribution is 2.52. The number of rotatable bonds is 4. The predicted molar refractivity (Wildman–Crippen MR) is 79.3 cm³/mol. The van der Waals surface area contributed by atoms with E-state index >= 15 is 0 Å². The molecule has 20 heavy (non-hydrogen) atoms. The molecule has 3 heteroatoms. The van der Waals surface area contributed by atoms with Crippen molar-refractivity contribution in [2.45, 2.75) is 46.5 Å². The van der Waals surface area contributed by atoms with Crippen LogP contribution in [-0.2, 0) is 11.2 Å². The first-order valence-corrected chi connectivity index (χ1v) is 7.07. The van der Waals surface area contributed by atoms with Crippen LogP contribution in [0.3, 0.4) is 0 Å². The molecule has 3 nitrogen and oxygen atoms in total. The largest absolute Gasteiger partial charge is 0.497 e. The normalized spacial score (nSPS) is 20.6. The van der Waals surface area contributed by atoms with Gasteiger partial charge in [0.05, 0.1) is 12.5 Å². The van der Waals surface area contributed by atoms with Crippen molar-refractivity contribution in [3.63, 3.8) is 0 Å². The van der Waals surface area contributed by atoms with E-state index in [0.29, 0.717) is 6.42 Å². The van der Waals surface area contributed by atoms with E-state index in [-0.39, 0.29) is 11.3 Å². The van der Waals surface area contributed by atoms with E-state index in [9.17, 15) is 9.90 Å². The summed E-state index contributed by atoms with van der Waals surface area (Å²) in [6.07, 6.45) is 1.64. The van der Waals surface area contributed by atoms with E-state index < -0.39 is 11.4 Å². The molecule has 1 aliphatic carbocycles. The molecule has 0 saturated carbocycles. The Bertz CT molecular complexity index is 529. The van der Waals surface area contributed by atoms with E-state index in [2.05, 4.69) is 26.0 Å². The molecule has 2 rings (SSSR count). The van der Waals surface area contributed by atoms with Gasteiger partial charge in [0.15, 0.2) is 0 Å². The molecular weight excluding hydrogens is 252 g/mol. The highest BCUT2D eigenvalue weighted by molar-refractivity contribution is 5.73. The Morgan fingerprint density at radius 1 is 1.45 bits per heavy atom.